The number of hydrogen-bond donors (Lipinski definition) is 2. The number of nitrogens with zero attached hydrogens (tertiary/aromatic N) is 1. The Labute approximate surface area is 78.5 Å². The first-order valence-electron chi connectivity index (χ1n) is 3.70. The molecule has 3 nitrogen and oxygen atoms in total. The maximum absolute atomic E-state index is 5.42. The Morgan fingerprint density at radius 2 is 2.50 bits per heavy atom. The van der Waals surface area contributed by atoms with Crippen LogP contribution in [-0.4, -0.2) is 16.5 Å². The molecule has 1 aromatic heterocycles. The average molecular weight is 188 g/mol. The van der Waals surface area contributed by atoms with E-state index in [1.165, 1.54) is 0 Å². The second-order valence-corrected chi connectivity index (χ2v) is 2.39. The summed E-state index contributed by atoms with van der Waals surface area (Å²) < 4.78 is 0. The van der Waals surface area contributed by atoms with E-state index in [1.54, 1.807) is 6.20 Å². The molecule has 4 heteroatoms. The quantitative estimate of drug-likeness (QED) is 0.702. The maximum atomic E-state index is 5.42. The van der Waals surface area contributed by atoms with Gasteiger partial charge in [-0.25, -0.2) is 4.98 Å². The first kappa shape index (κ1) is 11.2. The Morgan fingerprint density at radius 1 is 1.75 bits per heavy atom. The second-order valence-electron chi connectivity index (χ2n) is 2.39. The number of imidazole rings is 1. The first-order chi connectivity index (χ1) is 5.38. The fourth-order valence-electron chi connectivity index (χ4n) is 1.03. The van der Waals surface area contributed by atoms with Crippen molar-refractivity contribution in [3.05, 3.63) is 30.9 Å². The van der Waals surface area contributed by atoms with Gasteiger partial charge in [0.25, 0.3) is 0 Å². The van der Waals surface area contributed by atoms with Crippen molar-refractivity contribution < 1.29 is 0 Å². The van der Waals surface area contributed by atoms with E-state index in [1.807, 2.05) is 12.3 Å². The van der Waals surface area contributed by atoms with Gasteiger partial charge < -0.3 is 10.7 Å². The van der Waals surface area contributed by atoms with Crippen LogP contribution in [-0.2, 0) is 0 Å². The topological polar surface area (TPSA) is 54.7 Å². The van der Waals surface area contributed by atoms with Gasteiger partial charge in [-0.3, -0.25) is 0 Å². The zero-order valence-electron chi connectivity index (χ0n) is 6.86. The van der Waals surface area contributed by atoms with Gasteiger partial charge in [0.1, 0.15) is 5.82 Å². The van der Waals surface area contributed by atoms with Crippen LogP contribution in [0.1, 0.15) is 18.2 Å². The molecule has 0 aliphatic heterocycles. The Hall–Kier alpha value is -0.800. The van der Waals surface area contributed by atoms with Crippen LogP contribution < -0.4 is 5.73 Å². The first-order valence-corrected chi connectivity index (χ1v) is 3.70. The monoisotopic (exact) mass is 187 g/mol. The maximum Gasteiger partial charge on any atom is 0.112 e. The lowest BCUT2D eigenvalue weighted by molar-refractivity contribution is 0.711. The summed E-state index contributed by atoms with van der Waals surface area (Å²) in [6.07, 6.45) is 6.31. The number of aromatic nitrogens is 2. The van der Waals surface area contributed by atoms with E-state index >= 15 is 0 Å². The molecule has 12 heavy (non-hydrogen) atoms. The molecule has 0 aliphatic rings. The van der Waals surface area contributed by atoms with E-state index in [0.717, 1.165) is 12.2 Å². The highest BCUT2D eigenvalue weighted by atomic mass is 35.5. The van der Waals surface area contributed by atoms with Crippen molar-refractivity contribution >= 4 is 12.4 Å². The standard InChI is InChI=1S/C8H13N3.ClH/c1-2-7(3-4-9)8-10-5-6-11-8;/h2,5-7H,1,3-4,9H2,(H,10,11);1H. The van der Waals surface area contributed by atoms with Gasteiger partial charge in [0, 0.05) is 18.3 Å². The van der Waals surface area contributed by atoms with E-state index in [0.29, 0.717) is 6.54 Å². The van der Waals surface area contributed by atoms with Crippen LogP contribution in [0, 0.1) is 0 Å². The Balaban J connectivity index is 0.00000121. The van der Waals surface area contributed by atoms with Gasteiger partial charge in [-0.2, -0.15) is 0 Å². The number of H-pyrrole nitrogens is 1. The number of allylic oxidation sites excluding steroid dienone is 1. The molecule has 0 fully saturated rings. The van der Waals surface area contributed by atoms with Crippen molar-refractivity contribution in [2.24, 2.45) is 5.73 Å². The number of nitrogens with one attached hydrogen (secondary N) is 1. The number of nitrogens with two attached hydrogens (primary N) is 1. The molecule has 0 amide bonds. The minimum Gasteiger partial charge on any atom is -0.348 e. The van der Waals surface area contributed by atoms with Crippen molar-refractivity contribution in [1.82, 2.24) is 9.97 Å². The van der Waals surface area contributed by atoms with Crippen molar-refractivity contribution in [3.8, 4) is 0 Å². The van der Waals surface area contributed by atoms with Crippen LogP contribution in [0.3, 0.4) is 0 Å². The molecule has 0 bridgehead atoms. The van der Waals surface area contributed by atoms with E-state index in [-0.39, 0.29) is 18.3 Å². The molecule has 0 aromatic carbocycles. The van der Waals surface area contributed by atoms with E-state index in [4.69, 9.17) is 5.73 Å². The van der Waals surface area contributed by atoms with Gasteiger partial charge in [0.05, 0.1) is 0 Å². The number of halogens is 1. The third-order valence-electron chi connectivity index (χ3n) is 1.63. The Bertz CT molecular complexity index is 208. The zero-order chi connectivity index (χ0) is 8.10. The predicted molar refractivity (Wildman–Crippen MR) is 52.4 cm³/mol. The molecule has 68 valence electrons. The molecule has 1 aromatic rings. The summed E-state index contributed by atoms with van der Waals surface area (Å²) in [5.41, 5.74) is 5.42. The third-order valence-corrected chi connectivity index (χ3v) is 1.63. The molecule has 1 rings (SSSR count). The molecule has 3 N–H and O–H groups in total. The van der Waals surface area contributed by atoms with Crippen LogP contribution >= 0.6 is 12.4 Å². The molecular formula is C8H14ClN3. The van der Waals surface area contributed by atoms with Crippen molar-refractivity contribution in [1.29, 1.82) is 0 Å². The molecule has 0 aliphatic carbocycles. The number of hydrogen-bond acceptors (Lipinski definition) is 2. The molecule has 0 radical (unpaired) electrons. The van der Waals surface area contributed by atoms with Gasteiger partial charge in [-0.1, -0.05) is 6.08 Å². The highest BCUT2D eigenvalue weighted by Gasteiger charge is 2.07. The van der Waals surface area contributed by atoms with Crippen LogP contribution in [0.4, 0.5) is 0 Å². The molecule has 0 saturated carbocycles. The SMILES string of the molecule is C=CC(CCN)c1ncc[nH]1.Cl. The fraction of sp³-hybridized carbons (Fsp3) is 0.375. The lowest BCUT2D eigenvalue weighted by atomic mass is 10.1. The summed E-state index contributed by atoms with van der Waals surface area (Å²) in [5.74, 6) is 1.22. The summed E-state index contributed by atoms with van der Waals surface area (Å²) in [6.45, 7) is 4.38. The largest absolute Gasteiger partial charge is 0.348 e. The normalized spacial score (nSPS) is 11.8. The highest BCUT2D eigenvalue weighted by Crippen LogP contribution is 2.14. The van der Waals surface area contributed by atoms with Gasteiger partial charge in [-0.15, -0.1) is 19.0 Å². The summed E-state index contributed by atoms with van der Waals surface area (Å²) in [5, 5.41) is 0. The van der Waals surface area contributed by atoms with Crippen LogP contribution in [0.5, 0.6) is 0 Å². The van der Waals surface area contributed by atoms with Gasteiger partial charge in [0.2, 0.25) is 0 Å². The Kier molecular flexibility index (Phi) is 5.41. The van der Waals surface area contributed by atoms with E-state index in [9.17, 15) is 0 Å². The summed E-state index contributed by atoms with van der Waals surface area (Å²) in [6, 6.07) is 0. The molecule has 1 atom stereocenters. The smallest absolute Gasteiger partial charge is 0.112 e. The second kappa shape index (κ2) is 5.80. The van der Waals surface area contributed by atoms with Crippen LogP contribution in [0.15, 0.2) is 25.0 Å². The predicted octanol–water partition coefficient (Wildman–Crippen LogP) is 1.45. The van der Waals surface area contributed by atoms with E-state index < -0.39 is 0 Å². The molecule has 0 saturated heterocycles. The molecule has 0 spiro atoms. The van der Waals surface area contributed by atoms with Crippen LogP contribution in [0.25, 0.3) is 0 Å². The lowest BCUT2D eigenvalue weighted by Gasteiger charge is -2.06. The summed E-state index contributed by atoms with van der Waals surface area (Å²) in [4.78, 5) is 7.16. The molecule has 1 unspecified atom stereocenters. The fourth-order valence-corrected chi connectivity index (χ4v) is 1.03. The lowest BCUT2D eigenvalue weighted by Crippen LogP contribution is -2.06. The minimum absolute atomic E-state index is 0. The summed E-state index contributed by atoms with van der Waals surface area (Å²) in [7, 11) is 0. The highest BCUT2D eigenvalue weighted by molar-refractivity contribution is 5.85. The van der Waals surface area contributed by atoms with Crippen molar-refractivity contribution in [3.63, 3.8) is 0 Å². The average Bonchev–Trinajstić information content (AvgIpc) is 2.52. The molecule has 1 heterocycles. The number of rotatable bonds is 4. The van der Waals surface area contributed by atoms with Crippen molar-refractivity contribution in [2.45, 2.75) is 12.3 Å². The Morgan fingerprint density at radius 3 is 2.92 bits per heavy atom. The molecular weight excluding hydrogens is 174 g/mol. The summed E-state index contributed by atoms with van der Waals surface area (Å²) >= 11 is 0. The third kappa shape index (κ3) is 2.68. The van der Waals surface area contributed by atoms with Crippen molar-refractivity contribution in [2.75, 3.05) is 6.54 Å². The van der Waals surface area contributed by atoms with Crippen LogP contribution in [0.2, 0.25) is 0 Å². The van der Waals surface area contributed by atoms with Gasteiger partial charge >= 0.3 is 0 Å². The zero-order valence-corrected chi connectivity index (χ0v) is 7.68. The van der Waals surface area contributed by atoms with Gasteiger partial charge in [-0.05, 0) is 13.0 Å². The minimum atomic E-state index is 0. The number of aromatic amines is 1. The van der Waals surface area contributed by atoms with Gasteiger partial charge in [0.15, 0.2) is 0 Å². The van der Waals surface area contributed by atoms with E-state index in [2.05, 4.69) is 16.5 Å².